The molecule has 2 saturated carbocycles. The molecular formula is C19H32N2O3. The van der Waals surface area contributed by atoms with Crippen LogP contribution in [0.5, 0.6) is 0 Å². The quantitative estimate of drug-likeness (QED) is 0.769. The minimum Gasteiger partial charge on any atom is -0.381 e. The second-order valence-electron chi connectivity index (χ2n) is 8.09. The molecule has 2 saturated heterocycles. The topological polar surface area (TPSA) is 42.0 Å². The van der Waals surface area contributed by atoms with Gasteiger partial charge in [-0.3, -0.25) is 9.69 Å². The molecule has 4 rings (SSSR count). The molecule has 0 radical (unpaired) electrons. The monoisotopic (exact) mass is 336 g/mol. The van der Waals surface area contributed by atoms with Crippen LogP contribution < -0.4 is 0 Å². The zero-order valence-corrected chi connectivity index (χ0v) is 14.8. The maximum atomic E-state index is 12.4. The lowest BCUT2D eigenvalue weighted by Crippen LogP contribution is -2.53. The van der Waals surface area contributed by atoms with Gasteiger partial charge in [-0.05, 0) is 43.9 Å². The van der Waals surface area contributed by atoms with Crippen LogP contribution in [0.25, 0.3) is 0 Å². The van der Waals surface area contributed by atoms with Gasteiger partial charge in [0.1, 0.15) is 0 Å². The van der Waals surface area contributed by atoms with E-state index in [0.29, 0.717) is 19.1 Å². The summed E-state index contributed by atoms with van der Waals surface area (Å²) >= 11 is 0. The number of piperazine rings is 1. The van der Waals surface area contributed by atoms with Crippen LogP contribution in [0.4, 0.5) is 0 Å². The Morgan fingerprint density at radius 3 is 2.46 bits per heavy atom. The van der Waals surface area contributed by atoms with E-state index in [-0.39, 0.29) is 5.91 Å². The highest BCUT2D eigenvalue weighted by molar-refractivity contribution is 5.76. The molecule has 2 bridgehead atoms. The van der Waals surface area contributed by atoms with Crippen molar-refractivity contribution < 1.29 is 14.3 Å². The fraction of sp³-hybridized carbons (Fsp3) is 0.947. The number of carbonyl (C=O) groups is 1. The van der Waals surface area contributed by atoms with Gasteiger partial charge in [-0.1, -0.05) is 6.42 Å². The van der Waals surface area contributed by atoms with Gasteiger partial charge >= 0.3 is 0 Å². The third-order valence-corrected chi connectivity index (χ3v) is 6.67. The molecule has 5 nitrogen and oxygen atoms in total. The predicted molar refractivity (Wildman–Crippen MR) is 91.8 cm³/mol. The van der Waals surface area contributed by atoms with Crippen LogP contribution in [-0.4, -0.2) is 73.9 Å². The van der Waals surface area contributed by atoms with Gasteiger partial charge in [-0.15, -0.1) is 0 Å². The Morgan fingerprint density at radius 2 is 1.79 bits per heavy atom. The first-order valence-corrected chi connectivity index (χ1v) is 10.0. The summed E-state index contributed by atoms with van der Waals surface area (Å²) in [6.07, 6.45) is 8.55. The zero-order chi connectivity index (χ0) is 16.4. The van der Waals surface area contributed by atoms with Gasteiger partial charge in [0.25, 0.3) is 0 Å². The Bertz CT molecular complexity index is 430. The van der Waals surface area contributed by atoms with Gasteiger partial charge in [0.05, 0.1) is 19.1 Å². The average molecular weight is 336 g/mol. The molecule has 3 unspecified atom stereocenters. The highest BCUT2D eigenvalue weighted by Crippen LogP contribution is 2.46. The van der Waals surface area contributed by atoms with Crippen molar-refractivity contribution in [1.82, 2.24) is 9.80 Å². The summed E-state index contributed by atoms with van der Waals surface area (Å²) in [6, 6.07) is 0.817. The number of ether oxygens (including phenoxy) is 2. The third kappa shape index (κ3) is 3.78. The van der Waals surface area contributed by atoms with E-state index < -0.39 is 0 Å². The Kier molecular flexibility index (Phi) is 5.40. The van der Waals surface area contributed by atoms with Crippen molar-refractivity contribution in [3.8, 4) is 0 Å². The molecule has 4 fully saturated rings. The fourth-order valence-corrected chi connectivity index (χ4v) is 5.27. The molecule has 0 spiro atoms. The van der Waals surface area contributed by atoms with Gasteiger partial charge < -0.3 is 14.4 Å². The smallest absolute Gasteiger partial charge is 0.224 e. The van der Waals surface area contributed by atoms with E-state index >= 15 is 0 Å². The lowest BCUT2D eigenvalue weighted by atomic mass is 9.93. The largest absolute Gasteiger partial charge is 0.381 e. The molecule has 5 heteroatoms. The number of nitrogens with zero attached hydrogens (tertiary/aromatic N) is 2. The summed E-state index contributed by atoms with van der Waals surface area (Å²) in [5.74, 6) is 2.22. The minimum absolute atomic E-state index is 0.273. The maximum absolute atomic E-state index is 12.4. The summed E-state index contributed by atoms with van der Waals surface area (Å²) in [6.45, 7) is 6.11. The third-order valence-electron chi connectivity index (χ3n) is 6.67. The molecule has 1 amide bonds. The maximum Gasteiger partial charge on any atom is 0.224 e. The van der Waals surface area contributed by atoms with Crippen molar-refractivity contribution in [2.24, 2.45) is 11.8 Å². The molecule has 0 aromatic heterocycles. The van der Waals surface area contributed by atoms with Crippen LogP contribution >= 0.6 is 0 Å². The van der Waals surface area contributed by atoms with Crippen LogP contribution in [-0.2, 0) is 14.3 Å². The Labute approximate surface area is 145 Å². The summed E-state index contributed by atoms with van der Waals surface area (Å²) in [7, 11) is 0. The van der Waals surface area contributed by atoms with Crippen LogP contribution in [0, 0.1) is 11.8 Å². The molecule has 3 atom stereocenters. The number of fused-ring (bicyclic) bond motifs is 2. The Balaban J connectivity index is 1.15. The highest BCUT2D eigenvalue weighted by atomic mass is 16.5. The van der Waals surface area contributed by atoms with E-state index in [0.717, 1.165) is 70.1 Å². The van der Waals surface area contributed by atoms with Gasteiger partial charge in [0, 0.05) is 45.4 Å². The zero-order valence-electron chi connectivity index (χ0n) is 14.8. The van der Waals surface area contributed by atoms with Crippen molar-refractivity contribution in [3.63, 3.8) is 0 Å². The normalized spacial score (nSPS) is 34.8. The molecular weight excluding hydrogens is 304 g/mol. The average Bonchev–Trinajstić information content (AvgIpc) is 3.26. The lowest BCUT2D eigenvalue weighted by molar-refractivity contribution is -0.135. The molecule has 4 aliphatic rings. The second kappa shape index (κ2) is 7.71. The molecule has 2 aliphatic carbocycles. The summed E-state index contributed by atoms with van der Waals surface area (Å²) in [5.41, 5.74) is 0. The van der Waals surface area contributed by atoms with E-state index in [1.54, 1.807) is 0 Å². The number of amides is 1. The van der Waals surface area contributed by atoms with Gasteiger partial charge in [0.2, 0.25) is 5.91 Å². The van der Waals surface area contributed by atoms with Crippen molar-refractivity contribution >= 4 is 5.91 Å². The SMILES string of the molecule is O=C(CCOC1CCOCC1)N1CCN(C2CC3CCC2C3)CC1. The van der Waals surface area contributed by atoms with Gasteiger partial charge in [-0.25, -0.2) is 0 Å². The molecule has 136 valence electrons. The van der Waals surface area contributed by atoms with Crippen LogP contribution in [0.1, 0.15) is 44.9 Å². The standard InChI is InChI=1S/C19H32N2O3/c22-19(5-12-24-17-3-10-23-11-4-17)21-8-6-20(7-9-21)18-14-15-1-2-16(18)13-15/h15-18H,1-14H2. The predicted octanol–water partition coefficient (Wildman–Crippen LogP) is 1.90. The molecule has 0 aromatic rings. The van der Waals surface area contributed by atoms with E-state index in [2.05, 4.69) is 9.80 Å². The van der Waals surface area contributed by atoms with Crippen molar-refractivity contribution in [2.75, 3.05) is 46.0 Å². The van der Waals surface area contributed by atoms with E-state index in [1.165, 1.54) is 25.7 Å². The highest BCUT2D eigenvalue weighted by Gasteiger charge is 2.42. The summed E-state index contributed by atoms with van der Waals surface area (Å²) in [5, 5.41) is 0. The van der Waals surface area contributed by atoms with Crippen LogP contribution in [0.2, 0.25) is 0 Å². The van der Waals surface area contributed by atoms with Gasteiger partial charge in [0.15, 0.2) is 0 Å². The number of rotatable bonds is 5. The minimum atomic E-state index is 0.273. The number of carbonyl (C=O) groups excluding carboxylic acids is 1. The fourth-order valence-electron chi connectivity index (χ4n) is 5.27. The number of hydrogen-bond acceptors (Lipinski definition) is 4. The van der Waals surface area contributed by atoms with Crippen LogP contribution in [0.15, 0.2) is 0 Å². The Morgan fingerprint density at radius 1 is 1.00 bits per heavy atom. The molecule has 24 heavy (non-hydrogen) atoms. The molecule has 2 aliphatic heterocycles. The van der Waals surface area contributed by atoms with E-state index in [9.17, 15) is 4.79 Å². The summed E-state index contributed by atoms with van der Waals surface area (Å²) in [4.78, 5) is 17.1. The summed E-state index contributed by atoms with van der Waals surface area (Å²) < 4.78 is 11.2. The van der Waals surface area contributed by atoms with Crippen molar-refractivity contribution in [1.29, 1.82) is 0 Å². The Hall–Kier alpha value is -0.650. The van der Waals surface area contributed by atoms with E-state index in [1.807, 2.05) is 0 Å². The van der Waals surface area contributed by atoms with E-state index in [4.69, 9.17) is 9.47 Å². The lowest BCUT2D eigenvalue weighted by Gasteiger charge is -2.41. The first-order valence-electron chi connectivity index (χ1n) is 10.0. The van der Waals surface area contributed by atoms with Crippen LogP contribution in [0.3, 0.4) is 0 Å². The number of hydrogen-bond donors (Lipinski definition) is 0. The van der Waals surface area contributed by atoms with Crippen molar-refractivity contribution in [3.05, 3.63) is 0 Å². The first kappa shape index (κ1) is 16.8. The van der Waals surface area contributed by atoms with Crippen molar-refractivity contribution in [2.45, 2.75) is 57.1 Å². The van der Waals surface area contributed by atoms with Gasteiger partial charge in [-0.2, -0.15) is 0 Å². The molecule has 2 heterocycles. The first-order chi connectivity index (χ1) is 11.8. The molecule has 0 N–H and O–H groups in total. The molecule has 0 aromatic carbocycles. The second-order valence-corrected chi connectivity index (χ2v) is 8.09.